The second kappa shape index (κ2) is 9.10. The summed E-state index contributed by atoms with van der Waals surface area (Å²) in [5, 5.41) is 8.20. The minimum absolute atomic E-state index is 0.156. The quantitative estimate of drug-likeness (QED) is 0.348. The molecule has 0 bridgehead atoms. The fraction of sp³-hybridized carbons (Fsp3) is 0.0385. The summed E-state index contributed by atoms with van der Waals surface area (Å²) in [7, 11) is 0. The van der Waals surface area contributed by atoms with E-state index in [2.05, 4.69) is 10.3 Å². The molecule has 5 nitrogen and oxygen atoms in total. The minimum Gasteiger partial charge on any atom is -0.300 e. The number of carbonyl (C=O) groups excluding carboxylic acids is 1. The number of carbonyl (C=O) groups is 1. The number of amides is 1. The van der Waals surface area contributed by atoms with Crippen molar-refractivity contribution in [3.05, 3.63) is 106 Å². The lowest BCUT2D eigenvalue weighted by molar-refractivity contribution is 0.265. The Morgan fingerprint density at radius 3 is 2.58 bits per heavy atom. The smallest absolute Gasteiger partial charge is 0.289 e. The summed E-state index contributed by atoms with van der Waals surface area (Å²) in [5.74, 6) is 0.533. The first-order valence-corrected chi connectivity index (χ1v) is 11.5. The fourth-order valence-corrected chi connectivity index (χ4v) is 4.37. The van der Waals surface area contributed by atoms with E-state index in [1.807, 2.05) is 103 Å². The van der Waals surface area contributed by atoms with Gasteiger partial charge < -0.3 is 5.32 Å². The van der Waals surface area contributed by atoms with E-state index in [-0.39, 0.29) is 5.24 Å². The third-order valence-corrected chi connectivity index (χ3v) is 6.14. The van der Waals surface area contributed by atoms with Crippen LogP contribution in [0.4, 0.5) is 10.5 Å². The molecule has 5 rings (SSSR count). The van der Waals surface area contributed by atoms with Crippen LogP contribution >= 0.6 is 23.4 Å². The van der Waals surface area contributed by atoms with E-state index in [1.54, 1.807) is 0 Å². The number of nitrogens with one attached hydrogen (secondary N) is 1. The third-order valence-electron chi connectivity index (χ3n) is 5.07. The molecule has 3 aromatic carbocycles. The molecule has 0 radical (unpaired) electrons. The van der Waals surface area contributed by atoms with E-state index < -0.39 is 0 Å². The highest BCUT2D eigenvalue weighted by Gasteiger charge is 2.25. The van der Waals surface area contributed by atoms with Gasteiger partial charge in [0.15, 0.2) is 0 Å². The van der Waals surface area contributed by atoms with Crippen LogP contribution in [-0.4, -0.2) is 20.9 Å². The molecule has 0 saturated carbocycles. The number of benzene rings is 3. The van der Waals surface area contributed by atoms with Crippen molar-refractivity contribution in [2.75, 3.05) is 0 Å². The maximum absolute atomic E-state index is 12.2. The molecule has 0 aliphatic carbocycles. The predicted molar refractivity (Wildman–Crippen MR) is 136 cm³/mol. The molecular weight excluding hydrogens is 452 g/mol. The zero-order chi connectivity index (χ0) is 22.8. The Labute approximate surface area is 200 Å². The zero-order valence-electron chi connectivity index (χ0n) is 17.7. The lowest BCUT2D eigenvalue weighted by Gasteiger charge is -2.02. The Hall–Kier alpha value is -3.61. The SMILES string of the molecule is Cc1cccc(N=C2NC(=O)S/C2=C\c2cn(-c3ccccc3)nc2-c2ccc(Cl)cc2)c1. The molecule has 1 N–H and O–H groups in total. The third kappa shape index (κ3) is 4.77. The molecule has 0 unspecified atom stereocenters. The first kappa shape index (κ1) is 21.2. The summed E-state index contributed by atoms with van der Waals surface area (Å²) in [6.07, 6.45) is 3.91. The number of aliphatic imine (C=N–C) groups is 1. The first-order chi connectivity index (χ1) is 16.0. The molecule has 1 fully saturated rings. The molecule has 7 heteroatoms. The maximum Gasteiger partial charge on any atom is 0.289 e. The largest absolute Gasteiger partial charge is 0.300 e. The highest BCUT2D eigenvalue weighted by Crippen LogP contribution is 2.32. The van der Waals surface area contributed by atoms with Crippen molar-refractivity contribution in [1.29, 1.82) is 0 Å². The monoisotopic (exact) mass is 470 g/mol. The summed E-state index contributed by atoms with van der Waals surface area (Å²) in [6.45, 7) is 2.01. The summed E-state index contributed by atoms with van der Waals surface area (Å²) in [4.78, 5) is 17.6. The molecular formula is C26H19ClN4OS. The maximum atomic E-state index is 12.2. The summed E-state index contributed by atoms with van der Waals surface area (Å²) in [5.41, 5.74) is 5.43. The van der Waals surface area contributed by atoms with Crippen LogP contribution in [-0.2, 0) is 0 Å². The molecule has 1 aromatic heterocycles. The molecule has 33 heavy (non-hydrogen) atoms. The van der Waals surface area contributed by atoms with Gasteiger partial charge in [-0.05, 0) is 66.7 Å². The van der Waals surface area contributed by atoms with Crippen molar-refractivity contribution in [2.24, 2.45) is 4.99 Å². The summed E-state index contributed by atoms with van der Waals surface area (Å²) in [6, 6.07) is 25.3. The Morgan fingerprint density at radius 2 is 1.82 bits per heavy atom. The van der Waals surface area contributed by atoms with Gasteiger partial charge in [-0.2, -0.15) is 5.10 Å². The number of nitrogens with zero attached hydrogens (tertiary/aromatic N) is 3. The van der Waals surface area contributed by atoms with Gasteiger partial charge in [0.25, 0.3) is 5.24 Å². The number of rotatable bonds is 4. The molecule has 1 aliphatic rings. The van der Waals surface area contributed by atoms with Gasteiger partial charge in [-0.25, -0.2) is 9.67 Å². The molecule has 1 amide bonds. The van der Waals surface area contributed by atoms with Gasteiger partial charge in [0.1, 0.15) is 5.84 Å². The number of hydrogen-bond donors (Lipinski definition) is 1. The van der Waals surface area contributed by atoms with Gasteiger partial charge in [-0.3, -0.25) is 4.79 Å². The number of amidine groups is 1. The van der Waals surface area contributed by atoms with E-state index in [0.717, 1.165) is 50.4 Å². The van der Waals surface area contributed by atoms with Crippen molar-refractivity contribution >= 4 is 46.2 Å². The van der Waals surface area contributed by atoms with Crippen molar-refractivity contribution in [3.8, 4) is 16.9 Å². The summed E-state index contributed by atoms with van der Waals surface area (Å²) >= 11 is 7.22. The highest BCUT2D eigenvalue weighted by atomic mass is 35.5. The Balaban J connectivity index is 1.61. The second-order valence-electron chi connectivity index (χ2n) is 7.54. The second-order valence-corrected chi connectivity index (χ2v) is 8.99. The average Bonchev–Trinajstić information content (AvgIpc) is 3.38. The van der Waals surface area contributed by atoms with Crippen LogP contribution < -0.4 is 5.32 Å². The molecule has 4 aromatic rings. The first-order valence-electron chi connectivity index (χ1n) is 10.3. The molecule has 162 valence electrons. The van der Waals surface area contributed by atoms with Gasteiger partial charge in [-0.1, -0.05) is 54.1 Å². The lowest BCUT2D eigenvalue weighted by atomic mass is 10.1. The normalized spacial score (nSPS) is 15.9. The van der Waals surface area contributed by atoms with E-state index in [1.165, 1.54) is 0 Å². The van der Waals surface area contributed by atoms with Crippen molar-refractivity contribution in [1.82, 2.24) is 15.1 Å². The minimum atomic E-state index is -0.156. The molecule has 1 aliphatic heterocycles. The highest BCUT2D eigenvalue weighted by molar-refractivity contribution is 8.18. The summed E-state index contributed by atoms with van der Waals surface area (Å²) < 4.78 is 1.84. The van der Waals surface area contributed by atoms with Crippen molar-refractivity contribution in [2.45, 2.75) is 6.92 Å². The number of thioether (sulfide) groups is 1. The Morgan fingerprint density at radius 1 is 1.03 bits per heavy atom. The van der Waals surface area contributed by atoms with Gasteiger partial charge in [0.2, 0.25) is 0 Å². The van der Waals surface area contributed by atoms with Crippen LogP contribution in [0.15, 0.2) is 95.0 Å². The standard InChI is InChI=1S/C26H19ClN4OS/c1-17-6-5-7-21(14-17)28-25-23(33-26(32)29-25)15-19-16-31(22-8-3-2-4-9-22)30-24(19)18-10-12-20(27)13-11-18/h2-16H,1H3,(H,28,29,32)/b23-15-. The van der Waals surface area contributed by atoms with E-state index in [0.29, 0.717) is 10.9 Å². The van der Waals surface area contributed by atoms with Crippen LogP contribution in [0.3, 0.4) is 0 Å². The van der Waals surface area contributed by atoms with Gasteiger partial charge in [0, 0.05) is 22.3 Å². The predicted octanol–water partition coefficient (Wildman–Crippen LogP) is 7.03. The Bertz CT molecular complexity index is 1390. The van der Waals surface area contributed by atoms with Gasteiger partial charge in [-0.15, -0.1) is 0 Å². The fourth-order valence-electron chi connectivity index (χ4n) is 3.52. The number of aryl methyl sites for hydroxylation is 1. The van der Waals surface area contributed by atoms with Gasteiger partial charge >= 0.3 is 0 Å². The van der Waals surface area contributed by atoms with Crippen LogP contribution in [0.1, 0.15) is 11.1 Å². The van der Waals surface area contributed by atoms with Crippen LogP contribution in [0.5, 0.6) is 0 Å². The molecule has 1 saturated heterocycles. The van der Waals surface area contributed by atoms with Crippen molar-refractivity contribution < 1.29 is 4.79 Å². The van der Waals surface area contributed by atoms with Crippen molar-refractivity contribution in [3.63, 3.8) is 0 Å². The number of hydrogen-bond acceptors (Lipinski definition) is 4. The van der Waals surface area contributed by atoms with Gasteiger partial charge in [0.05, 0.1) is 22.0 Å². The van der Waals surface area contributed by atoms with E-state index in [4.69, 9.17) is 16.7 Å². The molecule has 0 spiro atoms. The van der Waals surface area contributed by atoms with E-state index in [9.17, 15) is 4.79 Å². The lowest BCUT2D eigenvalue weighted by Crippen LogP contribution is -2.18. The zero-order valence-corrected chi connectivity index (χ0v) is 19.3. The number of halogens is 1. The van der Waals surface area contributed by atoms with Crippen LogP contribution in [0.25, 0.3) is 23.0 Å². The van der Waals surface area contributed by atoms with Crippen LogP contribution in [0.2, 0.25) is 5.02 Å². The van der Waals surface area contributed by atoms with E-state index >= 15 is 0 Å². The molecule has 2 heterocycles. The van der Waals surface area contributed by atoms with Crippen LogP contribution in [0, 0.1) is 6.92 Å². The number of aromatic nitrogens is 2. The molecule has 0 atom stereocenters. The average molecular weight is 471 g/mol. The number of para-hydroxylation sites is 1. The Kier molecular flexibility index (Phi) is 5.86. The topological polar surface area (TPSA) is 59.3 Å².